The topological polar surface area (TPSA) is 215 Å². The molecule has 0 amide bonds. The van der Waals surface area contributed by atoms with Gasteiger partial charge >= 0.3 is 12.2 Å². The Bertz CT molecular complexity index is 2090. The second-order valence-electron chi connectivity index (χ2n) is 11.1. The lowest BCUT2D eigenvalue weighted by atomic mass is 10.0. The molecule has 1 fully saturated rings. The molecule has 3 aromatic carbocycles. The van der Waals surface area contributed by atoms with Crippen LogP contribution in [0.3, 0.4) is 0 Å². The van der Waals surface area contributed by atoms with E-state index in [1.807, 2.05) is 0 Å². The zero-order chi connectivity index (χ0) is 35.0. The number of nitro benzene ring substituents is 2. The van der Waals surface area contributed by atoms with Crippen molar-refractivity contribution in [1.82, 2.24) is 14.1 Å². The molecule has 1 aliphatic heterocycles. The van der Waals surface area contributed by atoms with Crippen molar-refractivity contribution in [1.29, 1.82) is 0 Å². The third-order valence-electron chi connectivity index (χ3n) is 8.01. The van der Waals surface area contributed by atoms with Gasteiger partial charge in [-0.25, -0.2) is 22.4 Å². The molecule has 2 aliphatic rings. The van der Waals surface area contributed by atoms with E-state index in [0.29, 0.717) is 18.5 Å². The van der Waals surface area contributed by atoms with E-state index in [0.717, 1.165) is 21.1 Å². The molecule has 6 rings (SSSR count). The first-order valence-electron chi connectivity index (χ1n) is 14.5. The molecular formula is C30H25FN6O11S. The number of nitrogens with zero attached hydrogens (tertiary/aromatic N) is 5. The molecule has 0 unspecified atom stereocenters. The molecule has 1 saturated carbocycles. The number of carbonyl (C=O) groups is 2. The van der Waals surface area contributed by atoms with Crippen LogP contribution in [0.2, 0.25) is 0 Å². The number of hydrogen-bond donors (Lipinski definition) is 1. The highest BCUT2D eigenvalue weighted by Gasteiger charge is 2.36. The number of fused-ring (bicyclic) bond motifs is 1. The molecule has 1 aliphatic carbocycles. The van der Waals surface area contributed by atoms with Crippen LogP contribution < -0.4 is 14.8 Å². The maximum Gasteiger partial charge on any atom is 0.514 e. The van der Waals surface area contributed by atoms with E-state index in [2.05, 4.69) is 10.4 Å². The van der Waals surface area contributed by atoms with Gasteiger partial charge in [0.05, 0.1) is 26.1 Å². The van der Waals surface area contributed by atoms with Gasteiger partial charge in [0, 0.05) is 55.4 Å². The standard InChI is InChI=1S/C30H25FN6O11S/c1-34-16-23-26(49(34,44)45)13-12-24(28(23)31)32-27-15-25(35(33-27)29(38)46-20-8-3-18(4-9-20)36(40)41)17-2-7-22(14-17)48-30(39)47-21-10-5-19(6-11-21)37(42)43/h3-6,8-13,15,17,22H,2,7,14,16H2,1H3,(H,32,33)/t17-,22+/m0/s1. The summed E-state index contributed by atoms with van der Waals surface area (Å²) in [5, 5.41) is 28.9. The Morgan fingerprint density at radius 1 is 0.939 bits per heavy atom. The Morgan fingerprint density at radius 3 is 2.16 bits per heavy atom. The number of anilines is 2. The van der Waals surface area contributed by atoms with Gasteiger partial charge in [0.15, 0.2) is 11.6 Å². The molecule has 0 bridgehead atoms. The van der Waals surface area contributed by atoms with Crippen molar-refractivity contribution in [3.8, 4) is 11.5 Å². The zero-order valence-corrected chi connectivity index (χ0v) is 26.2. The Morgan fingerprint density at radius 2 is 1.55 bits per heavy atom. The minimum Gasteiger partial charge on any atom is -0.431 e. The lowest BCUT2D eigenvalue weighted by molar-refractivity contribution is -0.385. The molecule has 4 aromatic rings. The third kappa shape index (κ3) is 6.74. The molecule has 0 radical (unpaired) electrons. The second-order valence-corrected chi connectivity index (χ2v) is 13.1. The van der Waals surface area contributed by atoms with Crippen LogP contribution in [0.4, 0.5) is 36.9 Å². The summed E-state index contributed by atoms with van der Waals surface area (Å²) in [5.74, 6) is -1.19. The van der Waals surface area contributed by atoms with Crippen molar-refractivity contribution >= 4 is 45.2 Å². The quantitative estimate of drug-likeness (QED) is 0.103. The predicted molar refractivity (Wildman–Crippen MR) is 166 cm³/mol. The minimum absolute atomic E-state index is 0.0109. The summed E-state index contributed by atoms with van der Waals surface area (Å²) in [6, 6.07) is 13.6. The average Bonchev–Trinajstić information content (AvgIpc) is 3.75. The largest absolute Gasteiger partial charge is 0.514 e. The van der Waals surface area contributed by atoms with E-state index in [1.165, 1.54) is 61.6 Å². The first-order chi connectivity index (χ1) is 23.3. The van der Waals surface area contributed by atoms with E-state index in [1.54, 1.807) is 0 Å². The van der Waals surface area contributed by atoms with Gasteiger partial charge in [-0.3, -0.25) is 20.2 Å². The van der Waals surface area contributed by atoms with Gasteiger partial charge < -0.3 is 19.5 Å². The molecule has 254 valence electrons. The number of carbonyl (C=O) groups excluding carboxylic acids is 2. The first-order valence-corrected chi connectivity index (χ1v) is 16.0. The third-order valence-corrected chi connectivity index (χ3v) is 9.90. The highest BCUT2D eigenvalue weighted by Crippen LogP contribution is 2.39. The minimum atomic E-state index is -3.82. The molecular weight excluding hydrogens is 671 g/mol. The summed E-state index contributed by atoms with van der Waals surface area (Å²) in [7, 11) is -2.48. The smallest absolute Gasteiger partial charge is 0.431 e. The number of sulfonamides is 1. The lowest BCUT2D eigenvalue weighted by Crippen LogP contribution is -2.22. The van der Waals surface area contributed by atoms with E-state index in [-0.39, 0.29) is 57.8 Å². The SMILES string of the molecule is CN1Cc2c(ccc(Nc3cc([C@H]4CC[C@@H](OC(=O)Oc5ccc([N+](=O)[O-])cc5)C4)n(C(=O)Oc4ccc([N+](=O)[O-])cc4)n3)c2F)S1(=O)=O. The monoisotopic (exact) mass is 696 g/mol. The van der Waals surface area contributed by atoms with Gasteiger partial charge in [-0.05, 0) is 55.7 Å². The van der Waals surface area contributed by atoms with Crippen molar-refractivity contribution in [3.63, 3.8) is 0 Å². The Balaban J connectivity index is 1.22. The van der Waals surface area contributed by atoms with Crippen molar-refractivity contribution in [3.05, 3.63) is 104 Å². The van der Waals surface area contributed by atoms with Gasteiger partial charge in [0.2, 0.25) is 10.0 Å². The summed E-state index contributed by atoms with van der Waals surface area (Å²) < 4.78 is 58.4. The second kappa shape index (κ2) is 12.9. The average molecular weight is 697 g/mol. The molecule has 17 nitrogen and oxygen atoms in total. The number of benzene rings is 3. The highest BCUT2D eigenvalue weighted by atomic mass is 32.2. The summed E-state index contributed by atoms with van der Waals surface area (Å²) in [6.45, 7) is -0.170. The molecule has 2 heterocycles. The first kappa shape index (κ1) is 33.0. The van der Waals surface area contributed by atoms with E-state index in [4.69, 9.17) is 14.2 Å². The fraction of sp³-hybridized carbons (Fsp3) is 0.233. The molecule has 19 heteroatoms. The summed E-state index contributed by atoms with van der Waals surface area (Å²) >= 11 is 0. The maximum absolute atomic E-state index is 15.5. The number of ether oxygens (including phenoxy) is 3. The molecule has 49 heavy (non-hydrogen) atoms. The van der Waals surface area contributed by atoms with Gasteiger partial charge in [0.1, 0.15) is 17.6 Å². The van der Waals surface area contributed by atoms with E-state index in [9.17, 15) is 38.2 Å². The molecule has 1 N–H and O–H groups in total. The van der Waals surface area contributed by atoms with Crippen LogP contribution in [-0.4, -0.2) is 57.8 Å². The molecule has 0 spiro atoms. The number of halogens is 1. The fourth-order valence-electron chi connectivity index (χ4n) is 5.58. The molecule has 1 aromatic heterocycles. The Hall–Kier alpha value is -5.95. The normalized spacial score (nSPS) is 18.0. The van der Waals surface area contributed by atoms with Crippen LogP contribution in [0.5, 0.6) is 11.5 Å². The van der Waals surface area contributed by atoms with Gasteiger partial charge in [-0.2, -0.15) is 8.99 Å². The fourth-order valence-corrected chi connectivity index (χ4v) is 6.92. The number of nitrogens with one attached hydrogen (secondary N) is 1. The van der Waals surface area contributed by atoms with Crippen LogP contribution in [0, 0.1) is 26.0 Å². The van der Waals surface area contributed by atoms with Crippen LogP contribution >= 0.6 is 0 Å². The Kier molecular flexibility index (Phi) is 8.69. The van der Waals surface area contributed by atoms with E-state index >= 15 is 4.39 Å². The van der Waals surface area contributed by atoms with Crippen molar-refractivity contribution < 1.29 is 46.5 Å². The van der Waals surface area contributed by atoms with Gasteiger partial charge in [0.25, 0.3) is 11.4 Å². The van der Waals surface area contributed by atoms with Crippen LogP contribution in [0.15, 0.2) is 71.6 Å². The zero-order valence-electron chi connectivity index (χ0n) is 25.3. The van der Waals surface area contributed by atoms with Crippen molar-refractivity contribution in [2.24, 2.45) is 0 Å². The summed E-state index contributed by atoms with van der Waals surface area (Å²) in [6.07, 6.45) is -1.65. The van der Waals surface area contributed by atoms with Crippen molar-refractivity contribution in [2.75, 3.05) is 12.4 Å². The van der Waals surface area contributed by atoms with Gasteiger partial charge in [-0.15, -0.1) is 5.10 Å². The number of aromatic nitrogens is 2. The van der Waals surface area contributed by atoms with Crippen LogP contribution in [0.25, 0.3) is 0 Å². The van der Waals surface area contributed by atoms with Crippen LogP contribution in [-0.2, 0) is 21.3 Å². The predicted octanol–water partition coefficient (Wildman–Crippen LogP) is 5.62. The molecule has 2 atom stereocenters. The van der Waals surface area contributed by atoms with Gasteiger partial charge in [-0.1, -0.05) is 0 Å². The lowest BCUT2D eigenvalue weighted by Gasteiger charge is -2.14. The Labute approximate surface area is 276 Å². The molecule has 0 saturated heterocycles. The number of non-ortho nitro benzene ring substituents is 2. The number of rotatable bonds is 8. The highest BCUT2D eigenvalue weighted by molar-refractivity contribution is 7.89. The van der Waals surface area contributed by atoms with E-state index < -0.39 is 50.0 Å². The number of hydrogen-bond acceptors (Lipinski definition) is 13. The number of nitro groups is 2. The van der Waals surface area contributed by atoms with Crippen LogP contribution in [0.1, 0.15) is 36.4 Å². The summed E-state index contributed by atoms with van der Waals surface area (Å²) in [4.78, 5) is 46.3. The van der Waals surface area contributed by atoms with Crippen molar-refractivity contribution in [2.45, 2.75) is 42.7 Å². The summed E-state index contributed by atoms with van der Waals surface area (Å²) in [5.41, 5.74) is -0.206. The maximum atomic E-state index is 15.5.